The summed E-state index contributed by atoms with van der Waals surface area (Å²) in [7, 11) is 1.80. The van der Waals surface area contributed by atoms with Crippen molar-refractivity contribution < 1.29 is 14.2 Å². The quantitative estimate of drug-likeness (QED) is 0.830. The van der Waals surface area contributed by atoms with Crippen molar-refractivity contribution in [3.8, 4) is 5.75 Å². The molecule has 0 aliphatic carbocycles. The summed E-state index contributed by atoms with van der Waals surface area (Å²) in [5.74, 6) is 0.299. The maximum atomic E-state index is 13.2. The van der Waals surface area contributed by atoms with Crippen LogP contribution in [-0.4, -0.2) is 24.4 Å². The van der Waals surface area contributed by atoms with E-state index in [9.17, 15) is 9.50 Å². The highest BCUT2D eigenvalue weighted by molar-refractivity contribution is 5.36. The third-order valence-corrected chi connectivity index (χ3v) is 2.45. The lowest BCUT2D eigenvalue weighted by Gasteiger charge is -2.21. The lowest BCUT2D eigenvalue weighted by atomic mass is 10.1. The van der Waals surface area contributed by atoms with Crippen LogP contribution in [0.5, 0.6) is 5.75 Å². The molecule has 1 unspecified atom stereocenters. The Morgan fingerprint density at radius 1 is 1.47 bits per heavy atom. The van der Waals surface area contributed by atoms with Crippen LogP contribution in [0.2, 0.25) is 0 Å². The van der Waals surface area contributed by atoms with Gasteiger partial charge in [0.2, 0.25) is 0 Å². The van der Waals surface area contributed by atoms with E-state index in [1.54, 1.807) is 27.0 Å². The zero-order valence-electron chi connectivity index (χ0n) is 10.7. The van der Waals surface area contributed by atoms with Gasteiger partial charge < -0.3 is 15.2 Å². The number of benzene rings is 1. The minimum atomic E-state index is -0.908. The fourth-order valence-electron chi connectivity index (χ4n) is 1.40. The number of hydrogen-bond acceptors (Lipinski definition) is 3. The molecule has 0 heterocycles. The van der Waals surface area contributed by atoms with Crippen molar-refractivity contribution in [3.05, 3.63) is 29.6 Å². The standard InChI is InChI=1S/C13H20FNO2/c1-9(15-4)11-7-10(14)5-6-12(11)17-8-13(2,3)16/h5-7,9,15-16H,8H2,1-4H3. The van der Waals surface area contributed by atoms with E-state index in [0.29, 0.717) is 5.75 Å². The Bertz CT molecular complexity index is 374. The van der Waals surface area contributed by atoms with Crippen molar-refractivity contribution in [2.45, 2.75) is 32.4 Å². The molecule has 1 aromatic rings. The van der Waals surface area contributed by atoms with E-state index in [-0.39, 0.29) is 18.5 Å². The van der Waals surface area contributed by atoms with Crippen molar-refractivity contribution in [1.29, 1.82) is 0 Å². The first-order valence-corrected chi connectivity index (χ1v) is 5.65. The van der Waals surface area contributed by atoms with Crippen molar-refractivity contribution in [2.75, 3.05) is 13.7 Å². The Labute approximate surface area is 102 Å². The van der Waals surface area contributed by atoms with Gasteiger partial charge in [0.05, 0.1) is 5.60 Å². The minimum absolute atomic E-state index is 0.0116. The lowest BCUT2D eigenvalue weighted by molar-refractivity contribution is 0.0280. The summed E-state index contributed by atoms with van der Waals surface area (Å²) in [4.78, 5) is 0. The van der Waals surface area contributed by atoms with E-state index in [1.807, 2.05) is 6.92 Å². The fraction of sp³-hybridized carbons (Fsp3) is 0.538. The van der Waals surface area contributed by atoms with Crippen LogP contribution in [0, 0.1) is 5.82 Å². The molecule has 96 valence electrons. The van der Waals surface area contributed by atoms with Crippen molar-refractivity contribution >= 4 is 0 Å². The smallest absolute Gasteiger partial charge is 0.124 e. The molecule has 1 atom stereocenters. The predicted molar refractivity (Wildman–Crippen MR) is 65.7 cm³/mol. The van der Waals surface area contributed by atoms with Gasteiger partial charge in [0.25, 0.3) is 0 Å². The van der Waals surface area contributed by atoms with Crippen LogP contribution < -0.4 is 10.1 Å². The van der Waals surface area contributed by atoms with Crippen LogP contribution in [0.1, 0.15) is 32.4 Å². The zero-order chi connectivity index (χ0) is 13.1. The number of rotatable bonds is 5. The SMILES string of the molecule is CNC(C)c1cc(F)ccc1OCC(C)(C)O. The second kappa shape index (κ2) is 5.47. The number of aliphatic hydroxyl groups is 1. The van der Waals surface area contributed by atoms with Crippen LogP contribution in [0.15, 0.2) is 18.2 Å². The minimum Gasteiger partial charge on any atom is -0.490 e. The molecule has 0 spiro atoms. The predicted octanol–water partition coefficient (Wildman–Crippen LogP) is 2.26. The van der Waals surface area contributed by atoms with Gasteiger partial charge in [-0.25, -0.2) is 4.39 Å². The summed E-state index contributed by atoms with van der Waals surface area (Å²) < 4.78 is 18.7. The fourth-order valence-corrected chi connectivity index (χ4v) is 1.40. The summed E-state index contributed by atoms with van der Waals surface area (Å²) in [6, 6.07) is 4.37. The Morgan fingerprint density at radius 2 is 2.12 bits per heavy atom. The number of hydrogen-bond donors (Lipinski definition) is 2. The van der Waals surface area contributed by atoms with E-state index >= 15 is 0 Å². The number of ether oxygens (including phenoxy) is 1. The van der Waals surface area contributed by atoms with Gasteiger partial charge in [0.15, 0.2) is 0 Å². The highest BCUT2D eigenvalue weighted by atomic mass is 19.1. The second-order valence-corrected chi connectivity index (χ2v) is 4.79. The van der Waals surface area contributed by atoms with Gasteiger partial charge in [-0.3, -0.25) is 0 Å². The maximum Gasteiger partial charge on any atom is 0.124 e. The van der Waals surface area contributed by atoms with Crippen LogP contribution in [0.4, 0.5) is 4.39 Å². The molecule has 0 aliphatic heterocycles. The monoisotopic (exact) mass is 241 g/mol. The first-order chi connectivity index (χ1) is 7.83. The molecule has 4 heteroatoms. The molecule has 0 saturated heterocycles. The van der Waals surface area contributed by atoms with Crippen LogP contribution in [-0.2, 0) is 0 Å². The average Bonchev–Trinajstić information content (AvgIpc) is 2.25. The molecule has 0 aliphatic rings. The molecule has 2 N–H and O–H groups in total. The van der Waals surface area contributed by atoms with Gasteiger partial charge in [-0.2, -0.15) is 0 Å². The highest BCUT2D eigenvalue weighted by Gasteiger charge is 2.16. The largest absolute Gasteiger partial charge is 0.490 e. The Morgan fingerprint density at radius 3 is 2.65 bits per heavy atom. The van der Waals surface area contributed by atoms with E-state index in [4.69, 9.17) is 4.74 Å². The molecule has 3 nitrogen and oxygen atoms in total. The molecule has 0 aromatic heterocycles. The van der Waals surface area contributed by atoms with Crippen molar-refractivity contribution in [1.82, 2.24) is 5.32 Å². The molecule has 0 radical (unpaired) electrons. The van der Waals surface area contributed by atoms with E-state index in [0.717, 1.165) is 5.56 Å². The maximum absolute atomic E-state index is 13.2. The van der Waals surface area contributed by atoms with Gasteiger partial charge in [0.1, 0.15) is 18.2 Å². The van der Waals surface area contributed by atoms with E-state index in [2.05, 4.69) is 5.32 Å². The van der Waals surface area contributed by atoms with Crippen LogP contribution >= 0.6 is 0 Å². The summed E-state index contributed by atoms with van der Waals surface area (Å²) >= 11 is 0. The summed E-state index contributed by atoms with van der Waals surface area (Å²) in [6.45, 7) is 5.42. The van der Waals surface area contributed by atoms with Crippen LogP contribution in [0.25, 0.3) is 0 Å². The molecule has 0 fully saturated rings. The molecule has 1 rings (SSSR count). The van der Waals surface area contributed by atoms with Crippen LogP contribution in [0.3, 0.4) is 0 Å². The van der Waals surface area contributed by atoms with Crippen molar-refractivity contribution in [2.24, 2.45) is 0 Å². The Balaban J connectivity index is 2.90. The van der Waals surface area contributed by atoms with Gasteiger partial charge in [-0.05, 0) is 46.0 Å². The molecule has 1 aromatic carbocycles. The first-order valence-electron chi connectivity index (χ1n) is 5.65. The van der Waals surface area contributed by atoms with Crippen molar-refractivity contribution in [3.63, 3.8) is 0 Å². The lowest BCUT2D eigenvalue weighted by Crippen LogP contribution is -2.28. The Hall–Kier alpha value is -1.13. The third-order valence-electron chi connectivity index (χ3n) is 2.45. The molecule has 0 saturated carbocycles. The molecule has 17 heavy (non-hydrogen) atoms. The topological polar surface area (TPSA) is 41.5 Å². The summed E-state index contributed by atoms with van der Waals surface area (Å²) in [5, 5.41) is 12.6. The molecule has 0 amide bonds. The zero-order valence-corrected chi connectivity index (χ0v) is 10.7. The first kappa shape index (κ1) is 13.9. The molecular formula is C13H20FNO2. The normalized spacial score (nSPS) is 13.5. The van der Waals surface area contributed by atoms with E-state index in [1.165, 1.54) is 12.1 Å². The summed E-state index contributed by atoms with van der Waals surface area (Å²) in [6.07, 6.45) is 0. The van der Waals surface area contributed by atoms with E-state index < -0.39 is 5.60 Å². The van der Waals surface area contributed by atoms with Gasteiger partial charge in [0, 0.05) is 11.6 Å². The summed E-state index contributed by atoms with van der Waals surface area (Å²) in [5.41, 5.74) is -0.161. The average molecular weight is 241 g/mol. The highest BCUT2D eigenvalue weighted by Crippen LogP contribution is 2.26. The second-order valence-electron chi connectivity index (χ2n) is 4.79. The third kappa shape index (κ3) is 4.32. The van der Waals surface area contributed by atoms with Gasteiger partial charge in [-0.1, -0.05) is 0 Å². The van der Waals surface area contributed by atoms with Gasteiger partial charge in [-0.15, -0.1) is 0 Å². The number of halogens is 1. The Kier molecular flexibility index (Phi) is 4.48. The molecular weight excluding hydrogens is 221 g/mol. The molecule has 0 bridgehead atoms. The number of nitrogens with one attached hydrogen (secondary N) is 1. The van der Waals surface area contributed by atoms with Gasteiger partial charge >= 0.3 is 0 Å².